The average molecular weight is 431 g/mol. The van der Waals surface area contributed by atoms with Gasteiger partial charge in [-0.25, -0.2) is 0 Å². The minimum absolute atomic E-state index is 0.203. The van der Waals surface area contributed by atoms with Crippen LogP contribution in [-0.4, -0.2) is 23.9 Å². The zero-order valence-corrected chi connectivity index (χ0v) is 16.4. The molecule has 0 unspecified atom stereocenters. The molecule has 8 heteroatoms. The lowest BCUT2D eigenvalue weighted by atomic mass is 9.95. The van der Waals surface area contributed by atoms with Gasteiger partial charge in [-0.3, -0.25) is 9.69 Å². The number of likely N-dealkylation sites (tertiary alicyclic amines) is 1. The summed E-state index contributed by atoms with van der Waals surface area (Å²) in [7, 11) is 0. The molecular weight excluding hydrogens is 412 g/mol. The molecule has 1 aliphatic rings. The number of nitrogens with one attached hydrogen (secondary N) is 1. The zero-order chi connectivity index (χ0) is 20.3. The molecule has 0 aliphatic carbocycles. The first kappa shape index (κ1) is 21.0. The molecule has 1 fully saturated rings. The molecule has 0 atom stereocenters. The molecule has 0 aromatic heterocycles. The summed E-state index contributed by atoms with van der Waals surface area (Å²) in [6.07, 6.45) is -3.40. The molecule has 28 heavy (non-hydrogen) atoms. The lowest BCUT2D eigenvalue weighted by Gasteiger charge is -2.31. The molecule has 1 saturated heterocycles. The summed E-state index contributed by atoms with van der Waals surface area (Å²) in [5, 5.41) is 3.64. The fourth-order valence-corrected chi connectivity index (χ4v) is 3.85. The molecule has 0 saturated carbocycles. The van der Waals surface area contributed by atoms with Crippen LogP contribution in [0.25, 0.3) is 0 Å². The Hall–Kier alpha value is -1.76. The minimum Gasteiger partial charge on any atom is -0.325 e. The smallest absolute Gasteiger partial charge is 0.325 e. The van der Waals surface area contributed by atoms with Crippen molar-refractivity contribution < 1.29 is 18.0 Å². The highest BCUT2D eigenvalue weighted by atomic mass is 35.5. The number of carbonyl (C=O) groups is 1. The van der Waals surface area contributed by atoms with Gasteiger partial charge in [-0.1, -0.05) is 41.4 Å². The zero-order valence-electron chi connectivity index (χ0n) is 14.9. The summed E-state index contributed by atoms with van der Waals surface area (Å²) < 4.78 is 39.3. The van der Waals surface area contributed by atoms with Crippen LogP contribution in [0.15, 0.2) is 42.5 Å². The fraction of sp³-hybridized carbons (Fsp3) is 0.350. The van der Waals surface area contributed by atoms with E-state index in [0.717, 1.165) is 11.6 Å². The standard InChI is InChI=1S/C20H19Cl2F3N2O/c21-16-5-3-6-17(22)14(16)12-27-10-8-13(9-11-27)19(28)26-18-7-2-1-4-15(18)20(23,24)25/h1-7,13H,8-12H2,(H,26,28). The van der Waals surface area contributed by atoms with Gasteiger partial charge in [-0.15, -0.1) is 0 Å². The molecule has 0 radical (unpaired) electrons. The number of hydrogen-bond donors (Lipinski definition) is 1. The van der Waals surface area contributed by atoms with E-state index in [0.29, 0.717) is 42.5 Å². The number of carbonyl (C=O) groups excluding carboxylic acids is 1. The molecule has 3 nitrogen and oxygen atoms in total. The molecule has 0 bridgehead atoms. The number of amides is 1. The van der Waals surface area contributed by atoms with Crippen molar-refractivity contribution in [1.82, 2.24) is 4.90 Å². The molecule has 1 N–H and O–H groups in total. The number of halogens is 5. The number of hydrogen-bond acceptors (Lipinski definition) is 2. The summed E-state index contributed by atoms with van der Waals surface area (Å²) in [5.41, 5.74) is -0.202. The summed E-state index contributed by atoms with van der Waals surface area (Å²) in [5.74, 6) is -0.716. The average Bonchev–Trinajstić information content (AvgIpc) is 2.65. The third-order valence-corrected chi connectivity index (χ3v) is 5.60. The number of piperidine rings is 1. The Balaban J connectivity index is 1.59. The Morgan fingerprint density at radius 3 is 2.25 bits per heavy atom. The van der Waals surface area contributed by atoms with Crippen molar-refractivity contribution in [2.45, 2.75) is 25.6 Å². The van der Waals surface area contributed by atoms with Crippen LogP contribution in [-0.2, 0) is 17.5 Å². The van der Waals surface area contributed by atoms with Gasteiger partial charge in [0.05, 0.1) is 11.3 Å². The van der Waals surface area contributed by atoms with Gasteiger partial charge in [0.25, 0.3) is 0 Å². The highest BCUT2D eigenvalue weighted by Crippen LogP contribution is 2.35. The largest absolute Gasteiger partial charge is 0.418 e. The van der Waals surface area contributed by atoms with E-state index >= 15 is 0 Å². The summed E-state index contributed by atoms with van der Waals surface area (Å²) in [4.78, 5) is 14.6. The highest BCUT2D eigenvalue weighted by Gasteiger charge is 2.34. The van der Waals surface area contributed by atoms with Gasteiger partial charge in [-0.2, -0.15) is 13.2 Å². The van der Waals surface area contributed by atoms with Gasteiger partial charge >= 0.3 is 6.18 Å². The normalized spacial score (nSPS) is 16.2. The van der Waals surface area contributed by atoms with Gasteiger partial charge < -0.3 is 5.32 Å². The van der Waals surface area contributed by atoms with Crippen LogP contribution in [0.3, 0.4) is 0 Å². The van der Waals surface area contributed by atoms with Crippen molar-refractivity contribution in [3.8, 4) is 0 Å². The summed E-state index contributed by atoms with van der Waals surface area (Å²) in [6, 6.07) is 10.4. The Morgan fingerprint density at radius 1 is 1.04 bits per heavy atom. The maximum Gasteiger partial charge on any atom is 0.418 e. The molecule has 1 aliphatic heterocycles. The third kappa shape index (κ3) is 4.99. The molecule has 0 spiro atoms. The van der Waals surface area contributed by atoms with Gasteiger partial charge in [0.2, 0.25) is 5.91 Å². The van der Waals surface area contributed by atoms with E-state index in [9.17, 15) is 18.0 Å². The first-order valence-corrected chi connectivity index (χ1v) is 9.63. The number of benzene rings is 2. The first-order valence-electron chi connectivity index (χ1n) is 8.88. The summed E-state index contributed by atoms with van der Waals surface area (Å²) in [6.45, 7) is 1.85. The molecule has 2 aromatic rings. The van der Waals surface area contributed by atoms with Crippen molar-refractivity contribution >= 4 is 34.8 Å². The SMILES string of the molecule is O=C(Nc1ccccc1C(F)(F)F)C1CCN(Cc2c(Cl)cccc2Cl)CC1. The van der Waals surface area contributed by atoms with E-state index in [1.165, 1.54) is 18.2 Å². The quantitative estimate of drug-likeness (QED) is 0.658. The van der Waals surface area contributed by atoms with Crippen LogP contribution in [0.1, 0.15) is 24.0 Å². The third-order valence-electron chi connectivity index (χ3n) is 4.89. The summed E-state index contributed by atoms with van der Waals surface area (Å²) >= 11 is 12.4. The number of nitrogens with zero attached hydrogens (tertiary/aromatic N) is 1. The molecule has 3 rings (SSSR count). The molecular formula is C20H19Cl2F3N2O. The predicted octanol–water partition coefficient (Wildman–Crippen LogP) is 5.86. The maximum absolute atomic E-state index is 13.1. The lowest BCUT2D eigenvalue weighted by molar-refractivity contribution is -0.137. The molecule has 1 amide bonds. The Bertz CT molecular complexity index is 829. The highest BCUT2D eigenvalue weighted by molar-refractivity contribution is 6.35. The van der Waals surface area contributed by atoms with Crippen molar-refractivity contribution in [3.63, 3.8) is 0 Å². The molecule has 2 aromatic carbocycles. The van der Waals surface area contributed by atoms with E-state index < -0.39 is 11.7 Å². The van der Waals surface area contributed by atoms with Crippen molar-refractivity contribution in [1.29, 1.82) is 0 Å². The van der Waals surface area contributed by atoms with Gasteiger partial charge in [0.1, 0.15) is 0 Å². The topological polar surface area (TPSA) is 32.3 Å². The van der Waals surface area contributed by atoms with Crippen LogP contribution < -0.4 is 5.32 Å². The van der Waals surface area contributed by atoms with E-state index in [1.54, 1.807) is 18.2 Å². The lowest BCUT2D eigenvalue weighted by Crippen LogP contribution is -2.38. The number of alkyl halides is 3. The van der Waals surface area contributed by atoms with Crippen LogP contribution in [0, 0.1) is 5.92 Å². The Kier molecular flexibility index (Phi) is 6.53. The van der Waals surface area contributed by atoms with Crippen molar-refractivity contribution in [2.75, 3.05) is 18.4 Å². The van der Waals surface area contributed by atoms with Crippen molar-refractivity contribution in [3.05, 3.63) is 63.6 Å². The minimum atomic E-state index is -4.51. The van der Waals surface area contributed by atoms with E-state index in [2.05, 4.69) is 10.2 Å². The number of rotatable bonds is 4. The van der Waals surface area contributed by atoms with Crippen LogP contribution in [0.4, 0.5) is 18.9 Å². The predicted molar refractivity (Wildman–Crippen MR) is 105 cm³/mol. The fourth-order valence-electron chi connectivity index (χ4n) is 3.33. The second-order valence-electron chi connectivity index (χ2n) is 6.78. The second-order valence-corrected chi connectivity index (χ2v) is 7.60. The molecule has 150 valence electrons. The number of anilines is 1. The van der Waals surface area contributed by atoms with E-state index in [4.69, 9.17) is 23.2 Å². The van der Waals surface area contributed by atoms with Gasteiger partial charge in [0, 0.05) is 28.1 Å². The van der Waals surface area contributed by atoms with E-state index in [1.807, 2.05) is 0 Å². The Labute approximate surface area is 171 Å². The van der Waals surface area contributed by atoms with Crippen molar-refractivity contribution in [2.24, 2.45) is 5.92 Å². The van der Waals surface area contributed by atoms with Crippen LogP contribution >= 0.6 is 23.2 Å². The second kappa shape index (κ2) is 8.72. The van der Waals surface area contributed by atoms with Gasteiger partial charge in [-0.05, 0) is 50.2 Å². The Morgan fingerprint density at radius 2 is 1.64 bits per heavy atom. The monoisotopic (exact) mass is 430 g/mol. The van der Waals surface area contributed by atoms with E-state index in [-0.39, 0.29) is 17.5 Å². The van der Waals surface area contributed by atoms with Crippen LogP contribution in [0.5, 0.6) is 0 Å². The van der Waals surface area contributed by atoms with Crippen LogP contribution in [0.2, 0.25) is 10.0 Å². The molecule has 1 heterocycles. The van der Waals surface area contributed by atoms with Gasteiger partial charge in [0.15, 0.2) is 0 Å². The first-order chi connectivity index (χ1) is 13.3. The number of para-hydroxylation sites is 1. The maximum atomic E-state index is 13.1.